The Hall–Kier alpha value is -1.64. The molecule has 0 aliphatic heterocycles. The zero-order valence-corrected chi connectivity index (χ0v) is 8.26. The molecule has 0 radical (unpaired) electrons. The number of benzene rings is 1. The van der Waals surface area contributed by atoms with Crippen LogP contribution in [0.5, 0.6) is 0 Å². The lowest BCUT2D eigenvalue weighted by Crippen LogP contribution is -1.98. The first-order valence-electron chi connectivity index (χ1n) is 5.12. The van der Waals surface area contributed by atoms with Crippen LogP contribution >= 0.6 is 0 Å². The van der Waals surface area contributed by atoms with Gasteiger partial charge in [0.2, 0.25) is 0 Å². The first kappa shape index (κ1) is 8.65. The van der Waals surface area contributed by atoms with Crippen LogP contribution < -0.4 is 5.73 Å². The molecule has 1 aromatic carbocycles. The number of aryl methyl sites for hydroxylation is 1. The average Bonchev–Trinajstić information content (AvgIpc) is 2.68. The van der Waals surface area contributed by atoms with E-state index in [1.165, 1.54) is 12.1 Å². The van der Waals surface area contributed by atoms with E-state index in [-0.39, 0.29) is 5.82 Å². The van der Waals surface area contributed by atoms with Crippen LogP contribution in [0.2, 0.25) is 0 Å². The highest BCUT2D eigenvalue weighted by Crippen LogP contribution is 2.31. The number of nitrogens with two attached hydrogens (primary N) is 1. The summed E-state index contributed by atoms with van der Waals surface area (Å²) < 4.78 is 13.1. The summed E-state index contributed by atoms with van der Waals surface area (Å²) in [7, 11) is 0. The van der Waals surface area contributed by atoms with Crippen molar-refractivity contribution in [3.05, 3.63) is 35.3 Å². The Labute approximate surface area is 86.9 Å². The molecule has 1 aliphatic rings. The molecule has 0 amide bonds. The average molecular weight is 202 g/mol. The minimum absolute atomic E-state index is 0.256. The molecule has 2 nitrogen and oxygen atoms in total. The molecule has 76 valence electrons. The summed E-state index contributed by atoms with van der Waals surface area (Å²) in [5, 5.41) is 0.746. The summed E-state index contributed by atoms with van der Waals surface area (Å²) in [5.41, 5.74) is 9.76. The molecular weight excluding hydrogens is 191 g/mol. The van der Waals surface area contributed by atoms with Crippen molar-refractivity contribution in [3.8, 4) is 0 Å². The fraction of sp³-hybridized carbons (Fsp3) is 0.250. The molecule has 0 bridgehead atoms. The maximum atomic E-state index is 13.1. The minimum Gasteiger partial charge on any atom is -0.398 e. The Kier molecular flexibility index (Phi) is 1.69. The number of rotatable bonds is 0. The van der Waals surface area contributed by atoms with E-state index < -0.39 is 0 Å². The number of anilines is 1. The second-order valence-electron chi connectivity index (χ2n) is 3.97. The summed E-state index contributed by atoms with van der Waals surface area (Å²) in [6.45, 7) is 0. The number of nitrogen functional groups attached to an aromatic ring is 1. The number of aromatic nitrogens is 1. The largest absolute Gasteiger partial charge is 0.398 e. The lowest BCUT2D eigenvalue weighted by Gasteiger charge is -2.07. The predicted molar refractivity (Wildman–Crippen MR) is 58.1 cm³/mol. The normalized spacial score (nSPS) is 14.5. The maximum absolute atomic E-state index is 13.1. The number of halogens is 1. The quantitative estimate of drug-likeness (QED) is 0.712. The fourth-order valence-corrected chi connectivity index (χ4v) is 2.27. The molecule has 1 aliphatic carbocycles. The highest BCUT2D eigenvalue weighted by molar-refractivity contribution is 5.92. The third-order valence-corrected chi connectivity index (χ3v) is 3.02. The smallest absolute Gasteiger partial charge is 0.124 e. The summed E-state index contributed by atoms with van der Waals surface area (Å²) in [6, 6.07) is 4.59. The van der Waals surface area contributed by atoms with Gasteiger partial charge in [0.05, 0.1) is 5.52 Å². The molecule has 0 saturated carbocycles. The van der Waals surface area contributed by atoms with E-state index in [0.29, 0.717) is 5.69 Å². The van der Waals surface area contributed by atoms with Gasteiger partial charge in [-0.15, -0.1) is 0 Å². The third kappa shape index (κ3) is 1.19. The lowest BCUT2D eigenvalue weighted by atomic mass is 10.1. The molecule has 0 saturated heterocycles. The van der Waals surface area contributed by atoms with E-state index in [1.54, 1.807) is 6.07 Å². The van der Waals surface area contributed by atoms with Crippen molar-refractivity contribution in [2.45, 2.75) is 19.3 Å². The molecular formula is C12H11FN2. The van der Waals surface area contributed by atoms with Gasteiger partial charge in [0.25, 0.3) is 0 Å². The first-order chi connectivity index (χ1) is 7.25. The molecule has 0 spiro atoms. The Morgan fingerprint density at radius 3 is 3.00 bits per heavy atom. The van der Waals surface area contributed by atoms with Crippen LogP contribution in [-0.4, -0.2) is 4.98 Å². The van der Waals surface area contributed by atoms with Gasteiger partial charge < -0.3 is 5.73 Å². The van der Waals surface area contributed by atoms with E-state index in [9.17, 15) is 4.39 Å². The summed E-state index contributed by atoms with van der Waals surface area (Å²) in [6.07, 6.45) is 3.07. The molecule has 0 unspecified atom stereocenters. The third-order valence-electron chi connectivity index (χ3n) is 3.02. The number of nitrogens with zero attached hydrogens (tertiary/aromatic N) is 1. The second kappa shape index (κ2) is 2.92. The van der Waals surface area contributed by atoms with Gasteiger partial charge in [-0.1, -0.05) is 0 Å². The van der Waals surface area contributed by atoms with Gasteiger partial charge in [0, 0.05) is 16.8 Å². The summed E-state index contributed by atoms with van der Waals surface area (Å²) >= 11 is 0. The summed E-state index contributed by atoms with van der Waals surface area (Å²) in [4.78, 5) is 4.51. The van der Waals surface area contributed by atoms with Gasteiger partial charge in [-0.3, -0.25) is 4.98 Å². The minimum atomic E-state index is -0.256. The van der Waals surface area contributed by atoms with Crippen molar-refractivity contribution in [3.63, 3.8) is 0 Å². The van der Waals surface area contributed by atoms with Gasteiger partial charge in [0.15, 0.2) is 0 Å². The number of fused-ring (bicyclic) bond motifs is 2. The highest BCUT2D eigenvalue weighted by atomic mass is 19.1. The van der Waals surface area contributed by atoms with Crippen molar-refractivity contribution in [1.82, 2.24) is 4.98 Å². The molecule has 2 N–H and O–H groups in total. The fourth-order valence-electron chi connectivity index (χ4n) is 2.27. The van der Waals surface area contributed by atoms with Crippen molar-refractivity contribution in [2.75, 3.05) is 5.73 Å². The van der Waals surface area contributed by atoms with Gasteiger partial charge in [-0.25, -0.2) is 4.39 Å². The molecule has 15 heavy (non-hydrogen) atoms. The SMILES string of the molecule is Nc1c2c(nc3ccc(F)cc13)CCC2. The van der Waals surface area contributed by atoms with Crippen LogP contribution in [-0.2, 0) is 12.8 Å². The number of pyridine rings is 1. The number of hydrogen-bond acceptors (Lipinski definition) is 2. The molecule has 3 heteroatoms. The molecule has 1 heterocycles. The Morgan fingerprint density at radius 2 is 2.13 bits per heavy atom. The predicted octanol–water partition coefficient (Wildman–Crippen LogP) is 2.44. The lowest BCUT2D eigenvalue weighted by molar-refractivity contribution is 0.629. The molecule has 0 atom stereocenters. The monoisotopic (exact) mass is 202 g/mol. The van der Waals surface area contributed by atoms with E-state index in [4.69, 9.17) is 5.73 Å². The Bertz CT molecular complexity index is 549. The van der Waals surface area contributed by atoms with E-state index in [2.05, 4.69) is 4.98 Å². The maximum Gasteiger partial charge on any atom is 0.124 e. The van der Waals surface area contributed by atoms with Crippen LogP contribution in [0.25, 0.3) is 10.9 Å². The molecule has 3 rings (SSSR count). The van der Waals surface area contributed by atoms with Crippen molar-refractivity contribution < 1.29 is 4.39 Å². The van der Waals surface area contributed by atoms with E-state index in [0.717, 1.165) is 41.4 Å². The highest BCUT2D eigenvalue weighted by Gasteiger charge is 2.17. The second-order valence-corrected chi connectivity index (χ2v) is 3.97. The molecule has 2 aromatic rings. The standard InChI is InChI=1S/C12H11FN2/c13-7-4-5-11-9(6-7)12(14)8-2-1-3-10(8)15-11/h4-6H,1-3H2,(H2,14,15). The van der Waals surface area contributed by atoms with Crippen molar-refractivity contribution in [1.29, 1.82) is 0 Å². The zero-order chi connectivity index (χ0) is 10.4. The molecule has 1 aromatic heterocycles. The van der Waals surface area contributed by atoms with Crippen LogP contribution in [0.4, 0.5) is 10.1 Å². The Balaban J connectivity index is 2.41. The van der Waals surface area contributed by atoms with Crippen LogP contribution in [0.1, 0.15) is 17.7 Å². The van der Waals surface area contributed by atoms with Crippen molar-refractivity contribution in [2.24, 2.45) is 0 Å². The van der Waals surface area contributed by atoms with Gasteiger partial charge >= 0.3 is 0 Å². The number of hydrogen-bond donors (Lipinski definition) is 1. The van der Waals surface area contributed by atoms with Crippen molar-refractivity contribution >= 4 is 16.6 Å². The van der Waals surface area contributed by atoms with Crippen LogP contribution in [0.3, 0.4) is 0 Å². The summed E-state index contributed by atoms with van der Waals surface area (Å²) in [5.74, 6) is -0.256. The topological polar surface area (TPSA) is 38.9 Å². The van der Waals surface area contributed by atoms with Gasteiger partial charge in [-0.05, 0) is 43.0 Å². The van der Waals surface area contributed by atoms with Crippen LogP contribution in [0, 0.1) is 5.82 Å². The zero-order valence-electron chi connectivity index (χ0n) is 8.26. The van der Waals surface area contributed by atoms with Gasteiger partial charge in [-0.2, -0.15) is 0 Å². The van der Waals surface area contributed by atoms with Crippen LogP contribution in [0.15, 0.2) is 18.2 Å². The van der Waals surface area contributed by atoms with Gasteiger partial charge in [0.1, 0.15) is 5.82 Å². The Morgan fingerprint density at radius 1 is 1.27 bits per heavy atom. The molecule has 0 fully saturated rings. The van der Waals surface area contributed by atoms with E-state index >= 15 is 0 Å². The first-order valence-corrected chi connectivity index (χ1v) is 5.12. The van der Waals surface area contributed by atoms with E-state index in [1.807, 2.05) is 0 Å².